The Labute approximate surface area is 181 Å². The van der Waals surface area contributed by atoms with E-state index in [0.717, 1.165) is 32.9 Å². The third-order valence-electron chi connectivity index (χ3n) is 5.29. The van der Waals surface area contributed by atoms with E-state index in [0.29, 0.717) is 0 Å². The summed E-state index contributed by atoms with van der Waals surface area (Å²) in [7, 11) is 0. The van der Waals surface area contributed by atoms with E-state index in [1.165, 1.54) is 11.1 Å². The fourth-order valence-corrected chi connectivity index (χ4v) is 4.07. The van der Waals surface area contributed by atoms with Gasteiger partial charge >= 0.3 is 0 Å². The standard InChI is InChI=1S/C28H20ClN/c29-24-17-18-27-23(19-24)12-8-16-28(27)30(25-13-5-2-6-14-25)26-15-7-11-22(20-26)21-9-3-1-4-10-21/h1-20H. The maximum atomic E-state index is 6.26. The molecule has 0 aromatic heterocycles. The highest BCUT2D eigenvalue weighted by molar-refractivity contribution is 6.31. The predicted molar refractivity (Wildman–Crippen MR) is 129 cm³/mol. The highest BCUT2D eigenvalue weighted by atomic mass is 35.5. The Bertz CT molecular complexity index is 1300. The highest BCUT2D eigenvalue weighted by Crippen LogP contribution is 2.40. The average molecular weight is 406 g/mol. The molecule has 0 aliphatic rings. The molecular weight excluding hydrogens is 386 g/mol. The van der Waals surface area contributed by atoms with Gasteiger partial charge in [0.2, 0.25) is 0 Å². The maximum absolute atomic E-state index is 6.26. The SMILES string of the molecule is Clc1ccc2c(N(c3ccccc3)c3cccc(-c4ccccc4)c3)cccc2c1. The number of hydrogen-bond donors (Lipinski definition) is 0. The van der Waals surface area contributed by atoms with E-state index in [1.54, 1.807) is 0 Å². The Morgan fingerprint density at radius 3 is 1.97 bits per heavy atom. The number of anilines is 3. The molecule has 30 heavy (non-hydrogen) atoms. The lowest BCUT2D eigenvalue weighted by atomic mass is 10.0. The molecule has 5 aromatic rings. The molecule has 0 bridgehead atoms. The number of halogens is 1. The first-order chi connectivity index (χ1) is 14.8. The predicted octanol–water partition coefficient (Wildman–Crippen LogP) is 8.63. The lowest BCUT2D eigenvalue weighted by molar-refractivity contribution is 1.30. The number of fused-ring (bicyclic) bond motifs is 1. The summed E-state index contributed by atoms with van der Waals surface area (Å²) in [5.41, 5.74) is 5.75. The molecule has 0 atom stereocenters. The van der Waals surface area contributed by atoms with Crippen molar-refractivity contribution in [2.45, 2.75) is 0 Å². The summed E-state index contributed by atoms with van der Waals surface area (Å²) in [6, 6.07) is 42.1. The molecule has 0 fully saturated rings. The second kappa shape index (κ2) is 8.06. The van der Waals surface area contributed by atoms with Crippen molar-refractivity contribution >= 4 is 39.4 Å². The van der Waals surface area contributed by atoms with Gasteiger partial charge in [0.1, 0.15) is 0 Å². The molecule has 0 aliphatic heterocycles. The van der Waals surface area contributed by atoms with E-state index in [2.05, 4.69) is 102 Å². The molecule has 0 amide bonds. The van der Waals surface area contributed by atoms with Crippen LogP contribution in [0.4, 0.5) is 17.1 Å². The van der Waals surface area contributed by atoms with Crippen molar-refractivity contribution < 1.29 is 0 Å². The first-order valence-corrected chi connectivity index (χ1v) is 10.4. The summed E-state index contributed by atoms with van der Waals surface area (Å²) in [5.74, 6) is 0. The van der Waals surface area contributed by atoms with Gasteiger partial charge in [0.15, 0.2) is 0 Å². The topological polar surface area (TPSA) is 3.24 Å². The van der Waals surface area contributed by atoms with Crippen LogP contribution < -0.4 is 4.90 Å². The van der Waals surface area contributed by atoms with Gasteiger partial charge in [-0.05, 0) is 59.0 Å². The van der Waals surface area contributed by atoms with Crippen LogP contribution in [0.3, 0.4) is 0 Å². The lowest BCUT2D eigenvalue weighted by Gasteiger charge is -2.27. The number of rotatable bonds is 4. The first-order valence-electron chi connectivity index (χ1n) is 9.98. The molecular formula is C28H20ClN. The van der Waals surface area contributed by atoms with Gasteiger partial charge in [-0.2, -0.15) is 0 Å². The molecule has 0 saturated heterocycles. The van der Waals surface area contributed by atoms with E-state index in [-0.39, 0.29) is 0 Å². The molecule has 5 aromatic carbocycles. The van der Waals surface area contributed by atoms with Crippen molar-refractivity contribution in [3.63, 3.8) is 0 Å². The molecule has 0 unspecified atom stereocenters. The third kappa shape index (κ3) is 3.56. The zero-order chi connectivity index (χ0) is 20.3. The summed E-state index contributed by atoms with van der Waals surface area (Å²) in [6.07, 6.45) is 0. The number of para-hydroxylation sites is 1. The summed E-state index contributed by atoms with van der Waals surface area (Å²) < 4.78 is 0. The zero-order valence-electron chi connectivity index (χ0n) is 16.4. The second-order valence-electron chi connectivity index (χ2n) is 7.23. The zero-order valence-corrected chi connectivity index (χ0v) is 17.1. The smallest absolute Gasteiger partial charge is 0.0540 e. The molecule has 0 heterocycles. The monoisotopic (exact) mass is 405 g/mol. The minimum Gasteiger partial charge on any atom is -0.310 e. The fourth-order valence-electron chi connectivity index (χ4n) is 3.89. The van der Waals surface area contributed by atoms with Crippen LogP contribution in [0.2, 0.25) is 5.02 Å². The van der Waals surface area contributed by atoms with Crippen molar-refractivity contribution in [3.05, 3.63) is 126 Å². The van der Waals surface area contributed by atoms with Gasteiger partial charge in [-0.1, -0.05) is 90.5 Å². The summed E-state index contributed by atoms with van der Waals surface area (Å²) in [5, 5.41) is 3.04. The number of hydrogen-bond acceptors (Lipinski definition) is 1. The Hall–Kier alpha value is -3.55. The quantitative estimate of drug-likeness (QED) is 0.289. The van der Waals surface area contributed by atoms with Crippen LogP contribution in [0, 0.1) is 0 Å². The van der Waals surface area contributed by atoms with Crippen molar-refractivity contribution in [2.24, 2.45) is 0 Å². The number of nitrogens with zero attached hydrogens (tertiary/aromatic N) is 1. The Morgan fingerprint density at radius 2 is 1.17 bits per heavy atom. The molecule has 1 nitrogen and oxygen atoms in total. The van der Waals surface area contributed by atoms with Crippen LogP contribution >= 0.6 is 11.6 Å². The maximum Gasteiger partial charge on any atom is 0.0540 e. The largest absolute Gasteiger partial charge is 0.310 e. The molecule has 0 spiro atoms. The minimum absolute atomic E-state index is 0.747. The van der Waals surface area contributed by atoms with Crippen LogP contribution in [0.1, 0.15) is 0 Å². The molecule has 2 heteroatoms. The Kier molecular flexibility index (Phi) is 4.96. The molecule has 0 N–H and O–H groups in total. The van der Waals surface area contributed by atoms with E-state index in [1.807, 2.05) is 24.3 Å². The van der Waals surface area contributed by atoms with Crippen LogP contribution in [0.15, 0.2) is 121 Å². The molecule has 0 radical (unpaired) electrons. The summed E-state index contributed by atoms with van der Waals surface area (Å²) in [4.78, 5) is 2.31. The van der Waals surface area contributed by atoms with Crippen LogP contribution in [0.5, 0.6) is 0 Å². The van der Waals surface area contributed by atoms with Crippen molar-refractivity contribution in [1.29, 1.82) is 0 Å². The first kappa shape index (κ1) is 18.5. The van der Waals surface area contributed by atoms with Crippen LogP contribution in [0.25, 0.3) is 21.9 Å². The van der Waals surface area contributed by atoms with Gasteiger partial charge in [-0.25, -0.2) is 0 Å². The van der Waals surface area contributed by atoms with Gasteiger partial charge in [0.05, 0.1) is 5.69 Å². The molecule has 0 saturated carbocycles. The van der Waals surface area contributed by atoms with Crippen LogP contribution in [-0.4, -0.2) is 0 Å². The highest BCUT2D eigenvalue weighted by Gasteiger charge is 2.15. The third-order valence-corrected chi connectivity index (χ3v) is 5.52. The van der Waals surface area contributed by atoms with Gasteiger partial charge < -0.3 is 4.90 Å². The van der Waals surface area contributed by atoms with Crippen molar-refractivity contribution in [3.8, 4) is 11.1 Å². The van der Waals surface area contributed by atoms with E-state index in [4.69, 9.17) is 11.6 Å². The van der Waals surface area contributed by atoms with Gasteiger partial charge in [-0.15, -0.1) is 0 Å². The minimum atomic E-state index is 0.747. The Balaban J connectivity index is 1.73. The van der Waals surface area contributed by atoms with E-state index >= 15 is 0 Å². The van der Waals surface area contributed by atoms with Crippen LogP contribution in [-0.2, 0) is 0 Å². The Morgan fingerprint density at radius 1 is 0.500 bits per heavy atom. The second-order valence-corrected chi connectivity index (χ2v) is 7.67. The lowest BCUT2D eigenvalue weighted by Crippen LogP contribution is -2.10. The van der Waals surface area contributed by atoms with E-state index in [9.17, 15) is 0 Å². The van der Waals surface area contributed by atoms with Crippen molar-refractivity contribution in [1.82, 2.24) is 0 Å². The summed E-state index contributed by atoms with van der Waals surface area (Å²) in [6.45, 7) is 0. The van der Waals surface area contributed by atoms with Gasteiger partial charge in [-0.3, -0.25) is 0 Å². The van der Waals surface area contributed by atoms with Crippen molar-refractivity contribution in [2.75, 3.05) is 4.90 Å². The van der Waals surface area contributed by atoms with E-state index < -0.39 is 0 Å². The normalized spacial score (nSPS) is 10.8. The molecule has 144 valence electrons. The average Bonchev–Trinajstić information content (AvgIpc) is 2.81. The fraction of sp³-hybridized carbons (Fsp3) is 0. The molecule has 0 aliphatic carbocycles. The number of benzene rings is 5. The molecule has 5 rings (SSSR count). The summed E-state index contributed by atoms with van der Waals surface area (Å²) >= 11 is 6.26. The van der Waals surface area contributed by atoms with Gasteiger partial charge in [0, 0.05) is 21.8 Å². The van der Waals surface area contributed by atoms with Gasteiger partial charge in [0.25, 0.3) is 0 Å².